The van der Waals surface area contributed by atoms with Crippen molar-refractivity contribution < 1.29 is 9.59 Å². The average Bonchev–Trinajstić information content (AvgIpc) is 2.36. The number of rotatable bonds is 6. The van der Waals surface area contributed by atoms with Gasteiger partial charge in [0.25, 0.3) is 0 Å². The van der Waals surface area contributed by atoms with Crippen molar-refractivity contribution in [2.75, 3.05) is 19.6 Å². The molecule has 5 nitrogen and oxygen atoms in total. The van der Waals surface area contributed by atoms with Crippen molar-refractivity contribution in [2.24, 2.45) is 5.92 Å². The maximum absolute atomic E-state index is 11.9. The Kier molecular flexibility index (Phi) is 6.99. The molecule has 5 heteroatoms. The van der Waals surface area contributed by atoms with Gasteiger partial charge in [-0.1, -0.05) is 27.7 Å². The topological polar surface area (TPSA) is 61.4 Å². The zero-order valence-corrected chi connectivity index (χ0v) is 13.2. The maximum Gasteiger partial charge on any atom is 0.234 e. The summed E-state index contributed by atoms with van der Waals surface area (Å²) in [5.74, 6) is 0.693. The molecule has 0 aromatic rings. The third-order valence-electron chi connectivity index (χ3n) is 3.47. The van der Waals surface area contributed by atoms with Crippen molar-refractivity contribution in [2.45, 2.75) is 59.0 Å². The van der Waals surface area contributed by atoms with Crippen molar-refractivity contribution in [3.63, 3.8) is 0 Å². The Labute approximate surface area is 122 Å². The lowest BCUT2D eigenvalue weighted by Crippen LogP contribution is -2.48. The molecule has 0 unspecified atom stereocenters. The van der Waals surface area contributed by atoms with Crippen LogP contribution in [0.15, 0.2) is 0 Å². The number of piperidine rings is 1. The summed E-state index contributed by atoms with van der Waals surface area (Å²) < 4.78 is 0. The minimum atomic E-state index is 0.0469. The van der Waals surface area contributed by atoms with Crippen LogP contribution in [-0.4, -0.2) is 48.4 Å². The number of carbonyl (C=O) groups excluding carboxylic acids is 2. The Balaban J connectivity index is 2.25. The lowest BCUT2D eigenvalue weighted by molar-refractivity contribution is -0.133. The van der Waals surface area contributed by atoms with Crippen molar-refractivity contribution in [1.29, 1.82) is 0 Å². The molecule has 1 rings (SSSR count). The first-order chi connectivity index (χ1) is 9.38. The molecule has 0 atom stereocenters. The lowest BCUT2D eigenvalue weighted by atomic mass is 10.0. The number of hydrogen-bond donors (Lipinski definition) is 2. The highest BCUT2D eigenvalue weighted by Gasteiger charge is 2.23. The molecule has 1 heterocycles. The largest absolute Gasteiger partial charge is 0.352 e. The van der Waals surface area contributed by atoms with Gasteiger partial charge in [-0.05, 0) is 18.8 Å². The van der Waals surface area contributed by atoms with E-state index >= 15 is 0 Å². The molecule has 1 saturated heterocycles. The van der Waals surface area contributed by atoms with E-state index in [1.165, 1.54) is 0 Å². The van der Waals surface area contributed by atoms with Crippen LogP contribution in [0.2, 0.25) is 0 Å². The number of amides is 2. The minimum Gasteiger partial charge on any atom is -0.352 e. The molecule has 2 N–H and O–H groups in total. The SMILES string of the molecule is CC(C)CC(=O)N1CCC(NC(=O)CNC(C)C)CC1. The normalized spacial score (nSPS) is 16.8. The van der Waals surface area contributed by atoms with E-state index in [1.54, 1.807) is 0 Å². The monoisotopic (exact) mass is 283 g/mol. The summed E-state index contributed by atoms with van der Waals surface area (Å²) in [6.07, 6.45) is 2.34. The summed E-state index contributed by atoms with van der Waals surface area (Å²) in [5.41, 5.74) is 0. The Morgan fingerprint density at radius 3 is 2.25 bits per heavy atom. The quantitative estimate of drug-likeness (QED) is 0.768. The Morgan fingerprint density at radius 1 is 1.15 bits per heavy atom. The molecular formula is C15H29N3O2. The van der Waals surface area contributed by atoms with Crippen molar-refractivity contribution in [1.82, 2.24) is 15.5 Å². The third kappa shape index (κ3) is 6.37. The van der Waals surface area contributed by atoms with Crippen LogP contribution in [0, 0.1) is 5.92 Å². The zero-order valence-electron chi connectivity index (χ0n) is 13.2. The highest BCUT2D eigenvalue weighted by atomic mass is 16.2. The summed E-state index contributed by atoms with van der Waals surface area (Å²) in [6.45, 7) is 10.0. The Hall–Kier alpha value is -1.10. The second-order valence-corrected chi connectivity index (χ2v) is 6.36. The smallest absolute Gasteiger partial charge is 0.234 e. The first kappa shape index (κ1) is 17.0. The molecule has 0 aromatic heterocycles. The molecule has 0 aliphatic carbocycles. The first-order valence-corrected chi connectivity index (χ1v) is 7.69. The molecule has 1 fully saturated rings. The molecule has 20 heavy (non-hydrogen) atoms. The molecule has 2 amide bonds. The predicted molar refractivity (Wildman–Crippen MR) is 80.3 cm³/mol. The number of nitrogens with one attached hydrogen (secondary N) is 2. The molecule has 0 bridgehead atoms. The standard InChI is InChI=1S/C15H29N3O2/c1-11(2)9-15(20)18-7-5-13(6-8-18)17-14(19)10-16-12(3)4/h11-13,16H,5-10H2,1-4H3,(H,17,19). The fraction of sp³-hybridized carbons (Fsp3) is 0.867. The maximum atomic E-state index is 11.9. The molecule has 116 valence electrons. The van der Waals surface area contributed by atoms with E-state index < -0.39 is 0 Å². The zero-order chi connectivity index (χ0) is 15.1. The summed E-state index contributed by atoms with van der Waals surface area (Å²) in [7, 11) is 0. The van der Waals surface area contributed by atoms with E-state index in [9.17, 15) is 9.59 Å². The van der Waals surface area contributed by atoms with E-state index in [1.807, 2.05) is 18.7 Å². The van der Waals surface area contributed by atoms with Crippen LogP contribution in [0.25, 0.3) is 0 Å². The van der Waals surface area contributed by atoms with Gasteiger partial charge in [-0.15, -0.1) is 0 Å². The van der Waals surface area contributed by atoms with Gasteiger partial charge in [0.15, 0.2) is 0 Å². The molecule has 1 aliphatic rings. The third-order valence-corrected chi connectivity index (χ3v) is 3.47. The number of carbonyl (C=O) groups is 2. The van der Waals surface area contributed by atoms with Crippen molar-refractivity contribution >= 4 is 11.8 Å². The first-order valence-electron chi connectivity index (χ1n) is 7.69. The van der Waals surface area contributed by atoms with Gasteiger partial charge in [-0.2, -0.15) is 0 Å². The van der Waals surface area contributed by atoms with Crippen LogP contribution in [0.5, 0.6) is 0 Å². The van der Waals surface area contributed by atoms with E-state index in [0.29, 0.717) is 24.9 Å². The van der Waals surface area contributed by atoms with Crippen LogP contribution in [0.1, 0.15) is 47.0 Å². The summed E-state index contributed by atoms with van der Waals surface area (Å²) in [4.78, 5) is 25.6. The van der Waals surface area contributed by atoms with E-state index in [2.05, 4.69) is 24.5 Å². The molecule has 0 radical (unpaired) electrons. The van der Waals surface area contributed by atoms with Crippen LogP contribution in [0.3, 0.4) is 0 Å². The highest BCUT2D eigenvalue weighted by Crippen LogP contribution is 2.13. The fourth-order valence-corrected chi connectivity index (χ4v) is 2.33. The molecule has 0 saturated carbocycles. The molecule has 0 aromatic carbocycles. The lowest BCUT2D eigenvalue weighted by Gasteiger charge is -2.33. The van der Waals surface area contributed by atoms with Crippen LogP contribution in [-0.2, 0) is 9.59 Å². The summed E-state index contributed by atoms with van der Waals surface area (Å²) in [6, 6.07) is 0.524. The molecule has 0 spiro atoms. The van der Waals surface area contributed by atoms with Crippen molar-refractivity contribution in [3.05, 3.63) is 0 Å². The van der Waals surface area contributed by atoms with Crippen molar-refractivity contribution in [3.8, 4) is 0 Å². The van der Waals surface area contributed by atoms with Gasteiger partial charge in [0.1, 0.15) is 0 Å². The fourth-order valence-electron chi connectivity index (χ4n) is 2.33. The molecule has 1 aliphatic heterocycles. The van der Waals surface area contributed by atoms with Crippen LogP contribution >= 0.6 is 0 Å². The van der Waals surface area contributed by atoms with Crippen LogP contribution < -0.4 is 10.6 Å². The average molecular weight is 283 g/mol. The Morgan fingerprint density at radius 2 is 1.75 bits per heavy atom. The number of nitrogens with zero attached hydrogens (tertiary/aromatic N) is 1. The summed E-state index contributed by atoms with van der Waals surface area (Å²) in [5, 5.41) is 6.14. The number of likely N-dealkylation sites (tertiary alicyclic amines) is 1. The van der Waals surface area contributed by atoms with Gasteiger partial charge >= 0.3 is 0 Å². The predicted octanol–water partition coefficient (Wildman–Crippen LogP) is 1.14. The van der Waals surface area contributed by atoms with E-state index in [4.69, 9.17) is 0 Å². The van der Waals surface area contributed by atoms with Gasteiger partial charge < -0.3 is 15.5 Å². The van der Waals surface area contributed by atoms with E-state index in [-0.39, 0.29) is 17.9 Å². The van der Waals surface area contributed by atoms with Gasteiger partial charge in [-0.3, -0.25) is 9.59 Å². The van der Waals surface area contributed by atoms with Gasteiger partial charge in [-0.25, -0.2) is 0 Å². The molecular weight excluding hydrogens is 254 g/mol. The number of hydrogen-bond acceptors (Lipinski definition) is 3. The second kappa shape index (κ2) is 8.25. The minimum absolute atomic E-state index is 0.0469. The van der Waals surface area contributed by atoms with Gasteiger partial charge in [0, 0.05) is 31.6 Å². The Bertz CT molecular complexity index is 321. The second-order valence-electron chi connectivity index (χ2n) is 6.36. The van der Waals surface area contributed by atoms with E-state index in [0.717, 1.165) is 25.9 Å². The summed E-state index contributed by atoms with van der Waals surface area (Å²) >= 11 is 0. The highest BCUT2D eigenvalue weighted by molar-refractivity contribution is 5.78. The van der Waals surface area contributed by atoms with Crippen LogP contribution in [0.4, 0.5) is 0 Å². The van der Waals surface area contributed by atoms with Gasteiger partial charge in [0.2, 0.25) is 11.8 Å². The van der Waals surface area contributed by atoms with Gasteiger partial charge in [0.05, 0.1) is 6.54 Å².